The lowest BCUT2D eigenvalue weighted by Gasteiger charge is -2.10. The summed E-state index contributed by atoms with van der Waals surface area (Å²) in [6, 6.07) is 21.6. The molecule has 0 fully saturated rings. The zero-order chi connectivity index (χ0) is 19.9. The summed E-state index contributed by atoms with van der Waals surface area (Å²) >= 11 is 5.87. The summed E-state index contributed by atoms with van der Waals surface area (Å²) in [5.41, 5.74) is 1.57. The Bertz CT molecular complexity index is 1040. The third-order valence-corrected chi connectivity index (χ3v) is 4.19. The Morgan fingerprint density at radius 1 is 0.929 bits per heavy atom. The highest BCUT2D eigenvalue weighted by Gasteiger charge is 2.18. The van der Waals surface area contributed by atoms with Crippen LogP contribution in [0.3, 0.4) is 0 Å². The average molecular weight is 391 g/mol. The maximum Gasteiger partial charge on any atom is 0.256 e. The van der Waals surface area contributed by atoms with Crippen molar-refractivity contribution < 1.29 is 14.3 Å². The number of carbonyl (C=O) groups excluding carboxylic acids is 2. The Hall–Kier alpha value is -3.62. The molecule has 6 heteroatoms. The first-order chi connectivity index (χ1) is 13.6. The maximum absolute atomic E-state index is 12.8. The summed E-state index contributed by atoms with van der Waals surface area (Å²) in [6.45, 7) is -0.0497. The van der Waals surface area contributed by atoms with Crippen molar-refractivity contribution in [3.8, 4) is 11.8 Å². The molecule has 0 spiro atoms. The summed E-state index contributed by atoms with van der Waals surface area (Å²) in [7, 11) is 0. The molecule has 0 bridgehead atoms. The van der Waals surface area contributed by atoms with E-state index in [2.05, 4.69) is 5.32 Å². The van der Waals surface area contributed by atoms with Gasteiger partial charge in [-0.1, -0.05) is 29.8 Å². The van der Waals surface area contributed by atoms with Crippen molar-refractivity contribution in [1.29, 1.82) is 5.26 Å². The first-order valence-corrected chi connectivity index (χ1v) is 8.77. The monoisotopic (exact) mass is 390 g/mol. The minimum absolute atomic E-state index is 0.0497. The highest BCUT2D eigenvalue weighted by Crippen LogP contribution is 2.20. The Morgan fingerprint density at radius 3 is 2.21 bits per heavy atom. The van der Waals surface area contributed by atoms with E-state index >= 15 is 0 Å². The molecule has 3 aromatic rings. The number of anilines is 1. The van der Waals surface area contributed by atoms with Crippen LogP contribution in [0.5, 0.6) is 5.75 Å². The van der Waals surface area contributed by atoms with Gasteiger partial charge in [0.2, 0.25) is 0 Å². The van der Waals surface area contributed by atoms with Crippen molar-refractivity contribution in [3.05, 3.63) is 94.5 Å². The van der Waals surface area contributed by atoms with Gasteiger partial charge in [0.25, 0.3) is 5.91 Å². The number of nitrogens with one attached hydrogen (secondary N) is 1. The van der Waals surface area contributed by atoms with Gasteiger partial charge in [-0.3, -0.25) is 9.59 Å². The number of ketones is 1. The number of nitriles is 1. The van der Waals surface area contributed by atoms with Gasteiger partial charge in [0.05, 0.1) is 5.56 Å². The number of nitrogens with zero attached hydrogens (tertiary/aromatic N) is 1. The van der Waals surface area contributed by atoms with E-state index in [1.54, 1.807) is 72.8 Å². The Kier molecular flexibility index (Phi) is 6.05. The Labute approximate surface area is 167 Å². The highest BCUT2D eigenvalue weighted by molar-refractivity contribution is 6.30. The molecular formula is C22H15ClN2O3. The van der Waals surface area contributed by atoms with Crippen LogP contribution in [0.1, 0.15) is 26.3 Å². The molecule has 0 aromatic heterocycles. The van der Waals surface area contributed by atoms with Crippen molar-refractivity contribution in [1.82, 2.24) is 0 Å². The van der Waals surface area contributed by atoms with Crippen molar-refractivity contribution in [2.24, 2.45) is 0 Å². The molecule has 0 aliphatic carbocycles. The van der Waals surface area contributed by atoms with Gasteiger partial charge >= 0.3 is 0 Å². The van der Waals surface area contributed by atoms with E-state index in [0.29, 0.717) is 27.6 Å². The molecule has 0 aliphatic rings. The first kappa shape index (κ1) is 19.2. The molecule has 1 N–H and O–H groups in total. The molecule has 3 rings (SSSR count). The lowest BCUT2D eigenvalue weighted by Crippen LogP contribution is -2.17. The number of rotatable bonds is 6. The minimum atomic E-state index is -0.399. The number of carbonyl (C=O) groups is 2. The van der Waals surface area contributed by atoms with Crippen molar-refractivity contribution in [2.45, 2.75) is 0 Å². The minimum Gasteiger partial charge on any atom is -0.479 e. The van der Waals surface area contributed by atoms with Crippen LogP contribution >= 0.6 is 11.6 Å². The predicted octanol–water partition coefficient (Wildman–Crippen LogP) is 4.73. The van der Waals surface area contributed by atoms with Gasteiger partial charge in [-0.15, -0.1) is 0 Å². The number of amides is 1. The summed E-state index contributed by atoms with van der Waals surface area (Å²) < 4.78 is 5.18. The zero-order valence-corrected chi connectivity index (χ0v) is 15.4. The standard InChI is InChI=1S/C22H15ClN2O3/c23-16-7-5-15(6-8-16)21(26)19-3-1-2-4-20(19)22(27)25-17-9-11-18(12-10-17)28-14-13-24/h1-12H,14H2,(H,25,27). The summed E-state index contributed by atoms with van der Waals surface area (Å²) in [4.78, 5) is 25.5. The van der Waals surface area contributed by atoms with Crippen LogP contribution in [0.15, 0.2) is 72.8 Å². The molecule has 0 saturated carbocycles. The fourth-order valence-electron chi connectivity index (χ4n) is 2.58. The molecule has 0 heterocycles. The SMILES string of the molecule is N#CCOc1ccc(NC(=O)c2ccccc2C(=O)c2ccc(Cl)cc2)cc1. The van der Waals surface area contributed by atoms with E-state index in [0.717, 1.165) is 0 Å². The van der Waals surface area contributed by atoms with E-state index in [1.807, 2.05) is 6.07 Å². The third-order valence-electron chi connectivity index (χ3n) is 3.94. The van der Waals surface area contributed by atoms with Crippen molar-refractivity contribution in [3.63, 3.8) is 0 Å². The normalized spacial score (nSPS) is 10.0. The highest BCUT2D eigenvalue weighted by atomic mass is 35.5. The van der Waals surface area contributed by atoms with E-state index < -0.39 is 5.91 Å². The fraction of sp³-hybridized carbons (Fsp3) is 0.0455. The van der Waals surface area contributed by atoms with Crippen molar-refractivity contribution in [2.75, 3.05) is 11.9 Å². The number of ether oxygens (including phenoxy) is 1. The summed E-state index contributed by atoms with van der Waals surface area (Å²) in [5, 5.41) is 11.8. The Morgan fingerprint density at radius 2 is 1.57 bits per heavy atom. The molecule has 138 valence electrons. The zero-order valence-electron chi connectivity index (χ0n) is 14.7. The molecule has 28 heavy (non-hydrogen) atoms. The van der Waals surface area contributed by atoms with Crippen molar-refractivity contribution >= 4 is 29.0 Å². The lowest BCUT2D eigenvalue weighted by molar-refractivity contribution is 0.0996. The second-order valence-corrected chi connectivity index (χ2v) is 6.24. The number of benzene rings is 3. The molecule has 0 aliphatic heterocycles. The van der Waals surface area contributed by atoms with Gasteiger partial charge < -0.3 is 10.1 Å². The van der Waals surface area contributed by atoms with Crippen LogP contribution in [-0.2, 0) is 0 Å². The van der Waals surface area contributed by atoms with Crippen LogP contribution in [0.2, 0.25) is 5.02 Å². The Balaban J connectivity index is 1.80. The predicted molar refractivity (Wildman–Crippen MR) is 107 cm³/mol. The topological polar surface area (TPSA) is 79.2 Å². The lowest BCUT2D eigenvalue weighted by atomic mass is 9.98. The van der Waals surface area contributed by atoms with Crippen LogP contribution in [-0.4, -0.2) is 18.3 Å². The van der Waals surface area contributed by atoms with E-state index in [9.17, 15) is 9.59 Å². The largest absolute Gasteiger partial charge is 0.479 e. The molecular weight excluding hydrogens is 376 g/mol. The number of hydrogen-bond acceptors (Lipinski definition) is 4. The molecule has 0 unspecified atom stereocenters. The van der Waals surface area contributed by atoms with Crippen LogP contribution < -0.4 is 10.1 Å². The fourth-order valence-corrected chi connectivity index (χ4v) is 2.71. The molecule has 0 saturated heterocycles. The molecule has 5 nitrogen and oxygen atoms in total. The molecule has 3 aromatic carbocycles. The summed E-state index contributed by atoms with van der Waals surface area (Å²) in [5.74, 6) is -0.135. The average Bonchev–Trinajstić information content (AvgIpc) is 2.73. The number of hydrogen-bond donors (Lipinski definition) is 1. The van der Waals surface area contributed by atoms with Crippen LogP contribution in [0, 0.1) is 11.3 Å². The smallest absolute Gasteiger partial charge is 0.256 e. The van der Waals surface area contributed by atoms with Gasteiger partial charge in [-0.05, 0) is 54.6 Å². The molecule has 0 radical (unpaired) electrons. The van der Waals surface area contributed by atoms with Gasteiger partial charge in [0, 0.05) is 21.8 Å². The third kappa shape index (κ3) is 4.56. The quantitative estimate of drug-likeness (QED) is 0.617. The summed E-state index contributed by atoms with van der Waals surface area (Å²) in [6.07, 6.45) is 0. The first-order valence-electron chi connectivity index (χ1n) is 8.39. The van der Waals surface area contributed by atoms with Crippen LogP contribution in [0.4, 0.5) is 5.69 Å². The second-order valence-electron chi connectivity index (χ2n) is 5.81. The molecule has 0 atom stereocenters. The van der Waals surface area contributed by atoms with Gasteiger partial charge in [0.1, 0.15) is 11.8 Å². The van der Waals surface area contributed by atoms with Crippen LogP contribution in [0.25, 0.3) is 0 Å². The van der Waals surface area contributed by atoms with E-state index in [1.165, 1.54) is 0 Å². The van der Waals surface area contributed by atoms with Gasteiger partial charge in [-0.25, -0.2) is 0 Å². The van der Waals surface area contributed by atoms with E-state index in [4.69, 9.17) is 21.6 Å². The second kappa shape index (κ2) is 8.85. The van der Waals surface area contributed by atoms with Gasteiger partial charge in [0.15, 0.2) is 12.4 Å². The molecule has 1 amide bonds. The number of halogens is 1. The maximum atomic E-state index is 12.8. The van der Waals surface area contributed by atoms with E-state index in [-0.39, 0.29) is 18.0 Å². The van der Waals surface area contributed by atoms with Gasteiger partial charge in [-0.2, -0.15) is 5.26 Å².